The Morgan fingerprint density at radius 2 is 1.64 bits per heavy atom. The first kappa shape index (κ1) is 14.1. The minimum absolute atomic E-state index is 0.572. The zero-order chi connectivity index (χ0) is 15.4. The van der Waals surface area contributed by atoms with E-state index in [1.807, 2.05) is 30.3 Å². The van der Waals surface area contributed by atoms with Gasteiger partial charge in [0, 0.05) is 17.4 Å². The lowest BCUT2D eigenvalue weighted by atomic mass is 10.1. The van der Waals surface area contributed by atoms with Crippen molar-refractivity contribution in [2.75, 3.05) is 12.4 Å². The molecule has 1 heterocycles. The zero-order valence-electron chi connectivity index (χ0n) is 12.6. The van der Waals surface area contributed by atoms with Crippen molar-refractivity contribution in [3.05, 3.63) is 66.4 Å². The van der Waals surface area contributed by atoms with Crippen LogP contribution in [0.2, 0.25) is 0 Å². The Morgan fingerprint density at radius 3 is 2.32 bits per heavy atom. The predicted octanol–water partition coefficient (Wildman–Crippen LogP) is 4.20. The van der Waals surface area contributed by atoms with Gasteiger partial charge in [-0.3, -0.25) is 0 Å². The van der Waals surface area contributed by atoms with Gasteiger partial charge in [0.1, 0.15) is 5.75 Å². The molecule has 0 unspecified atom stereocenters. The lowest BCUT2D eigenvalue weighted by Gasteiger charge is -2.07. The third kappa shape index (κ3) is 3.23. The monoisotopic (exact) mass is 291 g/mol. The van der Waals surface area contributed by atoms with E-state index in [4.69, 9.17) is 4.74 Å². The van der Waals surface area contributed by atoms with Gasteiger partial charge < -0.3 is 10.1 Å². The van der Waals surface area contributed by atoms with Crippen LogP contribution in [0.4, 0.5) is 11.6 Å². The van der Waals surface area contributed by atoms with Crippen LogP contribution in [0.3, 0.4) is 0 Å². The number of aromatic nitrogens is 2. The van der Waals surface area contributed by atoms with Crippen LogP contribution in [0, 0.1) is 6.92 Å². The Balaban J connectivity index is 1.82. The van der Waals surface area contributed by atoms with E-state index < -0.39 is 0 Å². The molecule has 0 spiro atoms. The van der Waals surface area contributed by atoms with Crippen molar-refractivity contribution in [2.45, 2.75) is 6.92 Å². The highest BCUT2D eigenvalue weighted by Crippen LogP contribution is 2.21. The Bertz CT molecular complexity index is 752. The fourth-order valence-electron chi connectivity index (χ4n) is 2.11. The van der Waals surface area contributed by atoms with Crippen molar-refractivity contribution in [1.82, 2.24) is 9.97 Å². The first-order chi connectivity index (χ1) is 10.7. The second kappa shape index (κ2) is 6.26. The number of methoxy groups -OCH3 is 1. The highest BCUT2D eigenvalue weighted by atomic mass is 16.5. The van der Waals surface area contributed by atoms with Gasteiger partial charge >= 0.3 is 0 Å². The molecule has 4 heteroatoms. The van der Waals surface area contributed by atoms with Gasteiger partial charge in [-0.25, -0.2) is 9.97 Å². The van der Waals surface area contributed by atoms with Gasteiger partial charge in [0.15, 0.2) is 0 Å². The molecule has 0 fully saturated rings. The van der Waals surface area contributed by atoms with E-state index in [9.17, 15) is 0 Å². The fraction of sp³-hybridized carbons (Fsp3) is 0.111. The van der Waals surface area contributed by atoms with Crippen LogP contribution in [-0.4, -0.2) is 17.1 Å². The first-order valence-corrected chi connectivity index (χ1v) is 7.06. The molecule has 0 aliphatic rings. The molecule has 4 nitrogen and oxygen atoms in total. The molecule has 0 radical (unpaired) electrons. The highest BCUT2D eigenvalue weighted by molar-refractivity contribution is 5.62. The standard InChI is InChI=1S/C18H17N3O/c1-13-3-5-14(6-4-13)17-11-12-19-18(21-17)20-15-7-9-16(22-2)10-8-15/h3-12H,1-2H3,(H,19,20,21). The molecule has 0 bridgehead atoms. The molecule has 0 atom stereocenters. The molecule has 0 saturated heterocycles. The van der Waals surface area contributed by atoms with Gasteiger partial charge in [-0.05, 0) is 37.3 Å². The van der Waals surface area contributed by atoms with E-state index in [1.165, 1.54) is 5.56 Å². The van der Waals surface area contributed by atoms with Crippen LogP contribution in [-0.2, 0) is 0 Å². The van der Waals surface area contributed by atoms with Crippen LogP contribution in [0.1, 0.15) is 5.56 Å². The molecule has 0 aliphatic heterocycles. The normalized spacial score (nSPS) is 10.3. The maximum atomic E-state index is 5.15. The smallest absolute Gasteiger partial charge is 0.227 e. The van der Waals surface area contributed by atoms with Gasteiger partial charge in [-0.15, -0.1) is 0 Å². The number of hydrogen-bond acceptors (Lipinski definition) is 4. The number of benzene rings is 2. The Kier molecular flexibility index (Phi) is 4.01. The van der Waals surface area contributed by atoms with Crippen LogP contribution in [0.25, 0.3) is 11.3 Å². The Labute approximate surface area is 129 Å². The SMILES string of the molecule is COc1ccc(Nc2nccc(-c3ccc(C)cc3)n2)cc1. The maximum Gasteiger partial charge on any atom is 0.227 e. The average molecular weight is 291 g/mol. The predicted molar refractivity (Wildman–Crippen MR) is 88.5 cm³/mol. The molecule has 3 rings (SSSR count). The number of aryl methyl sites for hydroxylation is 1. The summed E-state index contributed by atoms with van der Waals surface area (Å²) >= 11 is 0. The van der Waals surface area contributed by atoms with Crippen molar-refractivity contribution in [1.29, 1.82) is 0 Å². The zero-order valence-corrected chi connectivity index (χ0v) is 12.6. The van der Waals surface area contributed by atoms with Crippen LogP contribution in [0.5, 0.6) is 5.75 Å². The largest absolute Gasteiger partial charge is 0.497 e. The summed E-state index contributed by atoms with van der Waals surface area (Å²) in [4.78, 5) is 8.82. The van der Waals surface area contributed by atoms with Crippen molar-refractivity contribution in [2.24, 2.45) is 0 Å². The van der Waals surface area contributed by atoms with Crippen molar-refractivity contribution >= 4 is 11.6 Å². The summed E-state index contributed by atoms with van der Waals surface area (Å²) in [6, 6.07) is 17.8. The summed E-state index contributed by atoms with van der Waals surface area (Å²) < 4.78 is 5.15. The van der Waals surface area contributed by atoms with E-state index in [-0.39, 0.29) is 0 Å². The fourth-order valence-corrected chi connectivity index (χ4v) is 2.11. The van der Waals surface area contributed by atoms with E-state index in [0.29, 0.717) is 5.95 Å². The summed E-state index contributed by atoms with van der Waals surface area (Å²) in [7, 11) is 1.65. The van der Waals surface area contributed by atoms with Gasteiger partial charge in [-0.1, -0.05) is 29.8 Å². The molecule has 1 N–H and O–H groups in total. The summed E-state index contributed by atoms with van der Waals surface area (Å²) in [5, 5.41) is 3.20. The molecule has 3 aromatic rings. The van der Waals surface area contributed by atoms with Crippen molar-refractivity contribution in [3.8, 4) is 17.0 Å². The molecule has 0 aliphatic carbocycles. The number of nitrogens with zero attached hydrogens (tertiary/aromatic N) is 2. The third-order valence-electron chi connectivity index (χ3n) is 3.35. The lowest BCUT2D eigenvalue weighted by Crippen LogP contribution is -1.97. The molecule has 22 heavy (non-hydrogen) atoms. The van der Waals surface area contributed by atoms with Gasteiger partial charge in [0.2, 0.25) is 5.95 Å². The van der Waals surface area contributed by atoms with Crippen molar-refractivity contribution in [3.63, 3.8) is 0 Å². The number of rotatable bonds is 4. The van der Waals surface area contributed by atoms with E-state index >= 15 is 0 Å². The number of nitrogens with one attached hydrogen (secondary N) is 1. The lowest BCUT2D eigenvalue weighted by molar-refractivity contribution is 0.415. The quantitative estimate of drug-likeness (QED) is 0.782. The molecule has 2 aromatic carbocycles. The topological polar surface area (TPSA) is 47.0 Å². The molecule has 0 saturated carbocycles. The van der Waals surface area contributed by atoms with Crippen LogP contribution in [0.15, 0.2) is 60.8 Å². The minimum atomic E-state index is 0.572. The second-order valence-electron chi connectivity index (χ2n) is 4.99. The van der Waals surface area contributed by atoms with Gasteiger partial charge in [0.25, 0.3) is 0 Å². The first-order valence-electron chi connectivity index (χ1n) is 7.06. The Hall–Kier alpha value is -2.88. The minimum Gasteiger partial charge on any atom is -0.497 e. The molecular formula is C18H17N3O. The molecular weight excluding hydrogens is 274 g/mol. The van der Waals surface area contributed by atoms with E-state index in [1.54, 1.807) is 13.3 Å². The molecule has 1 aromatic heterocycles. The van der Waals surface area contributed by atoms with Crippen LogP contribution >= 0.6 is 0 Å². The van der Waals surface area contributed by atoms with Gasteiger partial charge in [0.05, 0.1) is 12.8 Å². The second-order valence-corrected chi connectivity index (χ2v) is 4.99. The van der Waals surface area contributed by atoms with E-state index in [0.717, 1.165) is 22.7 Å². The highest BCUT2D eigenvalue weighted by Gasteiger charge is 2.03. The Morgan fingerprint density at radius 1 is 0.909 bits per heavy atom. The number of hydrogen-bond donors (Lipinski definition) is 1. The molecule has 110 valence electrons. The summed E-state index contributed by atoms with van der Waals surface area (Å²) in [5.41, 5.74) is 4.12. The van der Waals surface area contributed by atoms with Crippen molar-refractivity contribution < 1.29 is 4.74 Å². The third-order valence-corrected chi connectivity index (χ3v) is 3.35. The summed E-state index contributed by atoms with van der Waals surface area (Å²) in [5.74, 6) is 1.39. The number of anilines is 2. The van der Waals surface area contributed by atoms with Crippen LogP contribution < -0.4 is 10.1 Å². The average Bonchev–Trinajstić information content (AvgIpc) is 2.56. The summed E-state index contributed by atoms with van der Waals surface area (Å²) in [6.07, 6.45) is 1.76. The van der Waals surface area contributed by atoms with Gasteiger partial charge in [-0.2, -0.15) is 0 Å². The maximum absolute atomic E-state index is 5.15. The molecule has 0 amide bonds. The number of ether oxygens (including phenoxy) is 1. The van der Waals surface area contributed by atoms with E-state index in [2.05, 4.69) is 46.5 Å². The summed E-state index contributed by atoms with van der Waals surface area (Å²) in [6.45, 7) is 2.07.